The van der Waals surface area contributed by atoms with E-state index in [9.17, 15) is 4.57 Å². The highest BCUT2D eigenvalue weighted by atomic mass is 32.7. The summed E-state index contributed by atoms with van der Waals surface area (Å²) in [6.45, 7) is -2.89. The Balaban J connectivity index is 3.77. The lowest BCUT2D eigenvalue weighted by atomic mass is 10.2. The van der Waals surface area contributed by atoms with E-state index >= 15 is 0 Å². The maximum absolute atomic E-state index is 11.1. The Morgan fingerprint density at radius 3 is 2.46 bits per heavy atom. The summed E-state index contributed by atoms with van der Waals surface area (Å²) in [5, 5.41) is 8.81. The van der Waals surface area contributed by atoms with Crippen LogP contribution in [0.3, 0.4) is 0 Å². The van der Waals surface area contributed by atoms with E-state index in [1.54, 1.807) is 0 Å². The monoisotopic (exact) mass is 230 g/mol. The molecule has 0 fully saturated rings. The molecule has 0 aliphatic rings. The molecule has 0 bridgehead atoms. The van der Waals surface area contributed by atoms with Gasteiger partial charge in [0.1, 0.15) is 0 Å². The molecule has 7 heteroatoms. The Morgan fingerprint density at radius 2 is 2.08 bits per heavy atom. The largest absolute Gasteiger partial charge is 0.396 e. The van der Waals surface area contributed by atoms with Crippen LogP contribution in [0.15, 0.2) is 0 Å². The van der Waals surface area contributed by atoms with E-state index in [1.807, 2.05) is 0 Å². The van der Waals surface area contributed by atoms with Gasteiger partial charge in [0.2, 0.25) is 0 Å². The SMILES string of the molecule is COCC(CO)COP(=O)(S)OC. The van der Waals surface area contributed by atoms with Crippen molar-refractivity contribution >= 4 is 19.0 Å². The number of thiol groups is 1. The lowest BCUT2D eigenvalue weighted by Crippen LogP contribution is -2.18. The molecule has 5 nitrogen and oxygen atoms in total. The van der Waals surface area contributed by atoms with Crippen LogP contribution in [0.1, 0.15) is 0 Å². The summed E-state index contributed by atoms with van der Waals surface area (Å²) in [6, 6.07) is 0. The van der Waals surface area contributed by atoms with Crippen LogP contribution in [0, 0.1) is 5.92 Å². The summed E-state index contributed by atoms with van der Waals surface area (Å²) in [4.78, 5) is 0. The van der Waals surface area contributed by atoms with Crippen LogP contribution >= 0.6 is 19.0 Å². The molecule has 0 spiro atoms. The van der Waals surface area contributed by atoms with Crippen molar-refractivity contribution in [2.24, 2.45) is 5.92 Å². The molecule has 0 saturated heterocycles. The second-order valence-electron chi connectivity index (χ2n) is 2.45. The Bertz CT molecular complexity index is 176. The summed E-state index contributed by atoms with van der Waals surface area (Å²) >= 11 is 3.66. The Morgan fingerprint density at radius 1 is 1.46 bits per heavy atom. The molecule has 0 radical (unpaired) electrons. The lowest BCUT2D eigenvalue weighted by molar-refractivity contribution is 0.0751. The van der Waals surface area contributed by atoms with Crippen LogP contribution in [0.25, 0.3) is 0 Å². The number of aliphatic hydroxyl groups excluding tert-OH is 1. The van der Waals surface area contributed by atoms with Gasteiger partial charge in [-0.3, -0.25) is 0 Å². The van der Waals surface area contributed by atoms with Crippen LogP contribution in [-0.4, -0.2) is 39.1 Å². The van der Waals surface area contributed by atoms with Crippen LogP contribution in [0.2, 0.25) is 0 Å². The molecule has 1 N–H and O–H groups in total. The van der Waals surface area contributed by atoms with Gasteiger partial charge in [-0.05, 0) is 0 Å². The van der Waals surface area contributed by atoms with E-state index < -0.39 is 6.80 Å². The summed E-state index contributed by atoms with van der Waals surface area (Å²) in [5.41, 5.74) is 0. The zero-order valence-electron chi connectivity index (χ0n) is 7.67. The summed E-state index contributed by atoms with van der Waals surface area (Å²) in [7, 11) is 2.76. The fraction of sp³-hybridized carbons (Fsp3) is 1.00. The first-order valence-corrected chi connectivity index (χ1v) is 6.38. The molecule has 0 rings (SSSR count). The average Bonchev–Trinajstić information content (AvgIpc) is 2.12. The molecule has 0 heterocycles. The smallest absolute Gasteiger partial charge is 0.385 e. The fourth-order valence-corrected chi connectivity index (χ4v) is 1.35. The quantitative estimate of drug-likeness (QED) is 0.503. The Labute approximate surface area is 83.1 Å². The van der Waals surface area contributed by atoms with Crippen molar-refractivity contribution in [3.63, 3.8) is 0 Å². The minimum Gasteiger partial charge on any atom is -0.396 e. The minimum atomic E-state index is -3.24. The van der Waals surface area contributed by atoms with Crippen molar-refractivity contribution in [1.29, 1.82) is 0 Å². The standard InChI is InChI=1S/C6H15O5PS/c1-9-4-6(3-7)5-11-12(8,13)10-2/h6-7H,3-5H2,1-2H3,(H,8,13). The van der Waals surface area contributed by atoms with Gasteiger partial charge in [0.15, 0.2) is 0 Å². The number of rotatable bonds is 7. The minimum absolute atomic E-state index is 0.0919. The van der Waals surface area contributed by atoms with Gasteiger partial charge in [-0.25, -0.2) is 4.57 Å². The van der Waals surface area contributed by atoms with E-state index in [2.05, 4.69) is 16.8 Å². The molecule has 80 valence electrons. The van der Waals surface area contributed by atoms with E-state index in [0.29, 0.717) is 6.61 Å². The molecule has 2 unspecified atom stereocenters. The van der Waals surface area contributed by atoms with Gasteiger partial charge < -0.3 is 18.9 Å². The molecule has 0 aliphatic heterocycles. The van der Waals surface area contributed by atoms with E-state index in [0.717, 1.165) is 0 Å². The van der Waals surface area contributed by atoms with Crippen LogP contribution in [0.5, 0.6) is 0 Å². The van der Waals surface area contributed by atoms with Crippen molar-refractivity contribution in [3.8, 4) is 0 Å². The van der Waals surface area contributed by atoms with Gasteiger partial charge in [-0.15, -0.1) is 0 Å². The second-order valence-corrected chi connectivity index (χ2v) is 5.48. The van der Waals surface area contributed by atoms with Crippen molar-refractivity contribution in [2.75, 3.05) is 34.0 Å². The van der Waals surface area contributed by atoms with Gasteiger partial charge in [-0.2, -0.15) is 0 Å². The number of hydrogen-bond acceptors (Lipinski definition) is 5. The van der Waals surface area contributed by atoms with Gasteiger partial charge >= 0.3 is 6.80 Å². The third kappa shape index (κ3) is 6.49. The number of aliphatic hydroxyl groups is 1. The molecule has 0 amide bonds. The van der Waals surface area contributed by atoms with Crippen molar-refractivity contribution in [3.05, 3.63) is 0 Å². The maximum Gasteiger partial charge on any atom is 0.385 e. The first kappa shape index (κ1) is 13.4. The van der Waals surface area contributed by atoms with Crippen molar-refractivity contribution in [2.45, 2.75) is 0 Å². The summed E-state index contributed by atoms with van der Waals surface area (Å²) < 4.78 is 25.2. The second kappa shape index (κ2) is 6.81. The van der Waals surface area contributed by atoms with Crippen LogP contribution < -0.4 is 0 Å². The zero-order chi connectivity index (χ0) is 10.3. The molecule has 0 aromatic heterocycles. The van der Waals surface area contributed by atoms with Gasteiger partial charge in [0, 0.05) is 20.1 Å². The van der Waals surface area contributed by atoms with E-state index in [-0.39, 0.29) is 19.1 Å². The Hall–Kier alpha value is 0.420. The predicted octanol–water partition coefficient (Wildman–Crippen LogP) is 0.942. The highest BCUT2D eigenvalue weighted by Crippen LogP contribution is 2.52. The van der Waals surface area contributed by atoms with Crippen LogP contribution in [-0.2, 0) is 18.3 Å². The molecule has 0 aromatic rings. The highest BCUT2D eigenvalue weighted by molar-refractivity contribution is 8.44. The van der Waals surface area contributed by atoms with E-state index in [1.165, 1.54) is 14.2 Å². The average molecular weight is 230 g/mol. The molecule has 0 saturated carbocycles. The first-order chi connectivity index (χ1) is 6.05. The predicted molar refractivity (Wildman–Crippen MR) is 52.0 cm³/mol. The van der Waals surface area contributed by atoms with Crippen LogP contribution in [0.4, 0.5) is 0 Å². The zero-order valence-corrected chi connectivity index (χ0v) is 9.46. The number of hydrogen-bond donors (Lipinski definition) is 2. The molecule has 0 aromatic carbocycles. The number of methoxy groups -OCH3 is 1. The lowest BCUT2D eigenvalue weighted by Gasteiger charge is -2.15. The fourth-order valence-electron chi connectivity index (χ4n) is 0.642. The van der Waals surface area contributed by atoms with Crippen molar-refractivity contribution < 1.29 is 23.5 Å². The third-order valence-electron chi connectivity index (χ3n) is 1.36. The molecule has 2 atom stereocenters. The van der Waals surface area contributed by atoms with Gasteiger partial charge in [0.05, 0.1) is 19.8 Å². The number of ether oxygens (including phenoxy) is 1. The molecule has 0 aliphatic carbocycles. The van der Waals surface area contributed by atoms with E-state index in [4.69, 9.17) is 14.4 Å². The van der Waals surface area contributed by atoms with Crippen molar-refractivity contribution in [1.82, 2.24) is 0 Å². The summed E-state index contributed by atoms with van der Waals surface area (Å²) in [6.07, 6.45) is 0. The molecular formula is C6H15O5PS. The highest BCUT2D eigenvalue weighted by Gasteiger charge is 2.19. The molecular weight excluding hydrogens is 215 g/mol. The Kier molecular flexibility index (Phi) is 7.03. The first-order valence-electron chi connectivity index (χ1n) is 3.68. The topological polar surface area (TPSA) is 65.0 Å². The van der Waals surface area contributed by atoms with Gasteiger partial charge in [-0.1, -0.05) is 12.2 Å². The molecule has 13 heavy (non-hydrogen) atoms. The third-order valence-corrected chi connectivity index (χ3v) is 3.14. The maximum atomic E-state index is 11.1. The summed E-state index contributed by atoms with van der Waals surface area (Å²) in [5.74, 6) is -0.208. The van der Waals surface area contributed by atoms with Gasteiger partial charge in [0.25, 0.3) is 0 Å². The normalized spacial score (nSPS) is 18.2.